The van der Waals surface area contributed by atoms with E-state index in [9.17, 15) is 0 Å². The van der Waals surface area contributed by atoms with Crippen LogP contribution in [0.5, 0.6) is 0 Å². The zero-order chi connectivity index (χ0) is 9.84. The zero-order valence-corrected chi connectivity index (χ0v) is 9.28. The molecule has 1 N–H and O–H groups in total. The lowest BCUT2D eigenvalue weighted by molar-refractivity contribution is 0.836. The van der Waals surface area contributed by atoms with Crippen molar-refractivity contribution in [1.29, 1.82) is 0 Å². The van der Waals surface area contributed by atoms with E-state index in [1.54, 1.807) is 0 Å². The predicted molar refractivity (Wildman–Crippen MR) is 55.4 cm³/mol. The summed E-state index contributed by atoms with van der Waals surface area (Å²) in [5.41, 5.74) is 0. The molecule has 0 saturated heterocycles. The molecule has 0 fully saturated rings. The summed E-state index contributed by atoms with van der Waals surface area (Å²) in [4.78, 5) is 12.0. The average molecular weight is 219 g/mol. The molecular weight excluding hydrogens is 208 g/mol. The fourth-order valence-electron chi connectivity index (χ4n) is 0.746. The Morgan fingerprint density at radius 3 is 2.54 bits per heavy atom. The van der Waals surface area contributed by atoms with E-state index in [0.717, 1.165) is 0 Å². The quantitative estimate of drug-likeness (QED) is 0.788. The lowest BCUT2D eigenvalue weighted by atomic mass is 10.4. The third kappa shape index (κ3) is 3.36. The molecule has 1 heterocycles. The van der Waals surface area contributed by atoms with Crippen LogP contribution in [0.25, 0.3) is 0 Å². The number of hydrogen-bond acceptors (Lipinski definition) is 5. The van der Waals surface area contributed by atoms with Crippen LogP contribution in [0.2, 0.25) is 5.28 Å². The van der Waals surface area contributed by atoms with Crippen LogP contribution in [0.1, 0.15) is 13.8 Å². The number of hydrogen-bond donors (Lipinski definition) is 1. The number of halogens is 1. The Labute approximate surface area is 86.5 Å². The van der Waals surface area contributed by atoms with E-state index in [2.05, 4.69) is 20.3 Å². The van der Waals surface area contributed by atoms with Crippen molar-refractivity contribution in [2.24, 2.45) is 0 Å². The van der Waals surface area contributed by atoms with Gasteiger partial charge in [0.1, 0.15) is 0 Å². The Kier molecular flexibility index (Phi) is 3.74. The zero-order valence-electron chi connectivity index (χ0n) is 7.71. The number of rotatable bonds is 3. The van der Waals surface area contributed by atoms with Gasteiger partial charge >= 0.3 is 0 Å². The number of aromatic nitrogens is 3. The lowest BCUT2D eigenvalue weighted by Crippen LogP contribution is -2.13. The predicted octanol–water partition coefficient (Wildman–Crippen LogP) is 2.07. The maximum atomic E-state index is 5.70. The Hall–Kier alpha value is -0.550. The van der Waals surface area contributed by atoms with Crippen LogP contribution >= 0.6 is 23.4 Å². The maximum absolute atomic E-state index is 5.70. The summed E-state index contributed by atoms with van der Waals surface area (Å²) < 4.78 is 0. The topological polar surface area (TPSA) is 50.7 Å². The first-order chi connectivity index (χ1) is 6.11. The van der Waals surface area contributed by atoms with E-state index < -0.39 is 0 Å². The van der Waals surface area contributed by atoms with Gasteiger partial charge in [-0.05, 0) is 31.7 Å². The van der Waals surface area contributed by atoms with Crippen molar-refractivity contribution >= 4 is 29.3 Å². The van der Waals surface area contributed by atoms with Gasteiger partial charge in [-0.2, -0.15) is 15.0 Å². The third-order valence-electron chi connectivity index (χ3n) is 1.19. The van der Waals surface area contributed by atoms with E-state index in [-0.39, 0.29) is 11.3 Å². The molecule has 0 amide bonds. The highest BCUT2D eigenvalue weighted by atomic mass is 35.5. The van der Waals surface area contributed by atoms with Crippen molar-refractivity contribution in [1.82, 2.24) is 15.0 Å². The normalized spacial score (nSPS) is 10.5. The van der Waals surface area contributed by atoms with Crippen LogP contribution in [-0.4, -0.2) is 27.2 Å². The largest absolute Gasteiger partial charge is 0.352 e. The van der Waals surface area contributed by atoms with Crippen molar-refractivity contribution in [3.8, 4) is 0 Å². The summed E-state index contributed by atoms with van der Waals surface area (Å²) in [6, 6.07) is 0.285. The van der Waals surface area contributed by atoms with Crippen LogP contribution in [0.3, 0.4) is 0 Å². The van der Waals surface area contributed by atoms with Gasteiger partial charge in [0.15, 0.2) is 5.16 Å². The highest BCUT2D eigenvalue weighted by molar-refractivity contribution is 7.98. The molecular formula is C7H11ClN4S. The van der Waals surface area contributed by atoms with Crippen molar-refractivity contribution in [2.75, 3.05) is 11.6 Å². The van der Waals surface area contributed by atoms with E-state index in [1.165, 1.54) is 11.8 Å². The molecule has 13 heavy (non-hydrogen) atoms. The monoisotopic (exact) mass is 218 g/mol. The molecule has 0 aliphatic rings. The van der Waals surface area contributed by atoms with Gasteiger partial charge in [0.25, 0.3) is 0 Å². The molecule has 6 heteroatoms. The van der Waals surface area contributed by atoms with E-state index in [4.69, 9.17) is 11.6 Å². The summed E-state index contributed by atoms with van der Waals surface area (Å²) in [5.74, 6) is 0.527. The van der Waals surface area contributed by atoms with Gasteiger partial charge in [0, 0.05) is 6.04 Å². The number of anilines is 1. The van der Waals surface area contributed by atoms with Crippen LogP contribution in [0.15, 0.2) is 5.16 Å². The van der Waals surface area contributed by atoms with Gasteiger partial charge in [0.05, 0.1) is 0 Å². The number of thioether (sulfide) groups is 1. The molecule has 1 rings (SSSR count). The Bertz CT molecular complexity index is 292. The number of nitrogens with zero attached hydrogens (tertiary/aromatic N) is 3. The molecule has 0 aromatic carbocycles. The van der Waals surface area contributed by atoms with Gasteiger partial charge in [-0.1, -0.05) is 11.8 Å². The molecule has 72 valence electrons. The summed E-state index contributed by atoms with van der Waals surface area (Å²) in [6.45, 7) is 4.02. The fourth-order valence-corrected chi connectivity index (χ4v) is 1.31. The minimum Gasteiger partial charge on any atom is -0.352 e. The molecule has 0 radical (unpaired) electrons. The molecule has 0 unspecified atom stereocenters. The Morgan fingerprint density at radius 2 is 2.00 bits per heavy atom. The van der Waals surface area contributed by atoms with Crippen LogP contribution in [0, 0.1) is 0 Å². The molecule has 0 aliphatic carbocycles. The average Bonchev–Trinajstić information content (AvgIpc) is 2.01. The first-order valence-corrected chi connectivity index (χ1v) is 5.44. The van der Waals surface area contributed by atoms with Crippen LogP contribution < -0.4 is 5.32 Å². The Morgan fingerprint density at radius 1 is 1.31 bits per heavy atom. The van der Waals surface area contributed by atoms with Gasteiger partial charge in [0.2, 0.25) is 11.2 Å². The summed E-state index contributed by atoms with van der Waals surface area (Å²) >= 11 is 7.13. The molecule has 0 atom stereocenters. The third-order valence-corrected chi connectivity index (χ3v) is 1.90. The van der Waals surface area contributed by atoms with Crippen molar-refractivity contribution in [3.63, 3.8) is 0 Å². The standard InChI is InChI=1S/C7H11ClN4S/c1-4(2)9-6-10-5(8)11-7(12-6)13-3/h4H,1-3H3,(H,9,10,11,12). The molecule has 0 saturated carbocycles. The fraction of sp³-hybridized carbons (Fsp3) is 0.571. The van der Waals surface area contributed by atoms with Gasteiger partial charge in [-0.25, -0.2) is 0 Å². The van der Waals surface area contributed by atoms with Crippen LogP contribution in [0.4, 0.5) is 5.95 Å². The van der Waals surface area contributed by atoms with E-state index in [0.29, 0.717) is 11.1 Å². The van der Waals surface area contributed by atoms with E-state index in [1.807, 2.05) is 20.1 Å². The van der Waals surface area contributed by atoms with Crippen molar-refractivity contribution < 1.29 is 0 Å². The van der Waals surface area contributed by atoms with Crippen molar-refractivity contribution in [2.45, 2.75) is 25.0 Å². The summed E-state index contributed by atoms with van der Waals surface area (Å²) in [7, 11) is 0. The van der Waals surface area contributed by atoms with E-state index >= 15 is 0 Å². The highest BCUT2D eigenvalue weighted by Crippen LogP contribution is 2.13. The lowest BCUT2D eigenvalue weighted by Gasteiger charge is -2.07. The van der Waals surface area contributed by atoms with Crippen LogP contribution in [-0.2, 0) is 0 Å². The second-order valence-electron chi connectivity index (χ2n) is 2.71. The molecule has 0 spiro atoms. The molecule has 0 bridgehead atoms. The molecule has 1 aromatic heterocycles. The second kappa shape index (κ2) is 4.62. The van der Waals surface area contributed by atoms with Gasteiger partial charge in [-0.15, -0.1) is 0 Å². The minimum atomic E-state index is 0.225. The first-order valence-electron chi connectivity index (χ1n) is 3.84. The SMILES string of the molecule is CSc1nc(Cl)nc(NC(C)C)n1. The van der Waals surface area contributed by atoms with Gasteiger partial charge < -0.3 is 5.32 Å². The highest BCUT2D eigenvalue weighted by Gasteiger charge is 2.04. The number of nitrogens with one attached hydrogen (secondary N) is 1. The Balaban J connectivity index is 2.88. The molecule has 0 aliphatic heterocycles. The second-order valence-corrected chi connectivity index (χ2v) is 3.83. The molecule has 4 nitrogen and oxygen atoms in total. The summed E-state index contributed by atoms with van der Waals surface area (Å²) in [6.07, 6.45) is 1.89. The smallest absolute Gasteiger partial charge is 0.228 e. The van der Waals surface area contributed by atoms with Gasteiger partial charge in [-0.3, -0.25) is 0 Å². The maximum Gasteiger partial charge on any atom is 0.228 e. The van der Waals surface area contributed by atoms with Crippen molar-refractivity contribution in [3.05, 3.63) is 5.28 Å². The minimum absolute atomic E-state index is 0.225. The molecule has 1 aromatic rings. The first kappa shape index (κ1) is 10.5. The summed E-state index contributed by atoms with van der Waals surface area (Å²) in [5, 5.41) is 3.91.